The number of nitro groups is 1. The molecule has 1 aliphatic heterocycles. The number of benzene rings is 2. The monoisotopic (exact) mass is 351 g/mol. The van der Waals surface area contributed by atoms with Gasteiger partial charge in [0.15, 0.2) is 0 Å². The van der Waals surface area contributed by atoms with Crippen molar-refractivity contribution in [2.24, 2.45) is 5.92 Å². The molecule has 6 heteroatoms. The van der Waals surface area contributed by atoms with Crippen molar-refractivity contribution in [2.45, 2.75) is 18.4 Å². The number of nitrogens with zero attached hydrogens (tertiary/aromatic N) is 2. The molecule has 1 aliphatic carbocycles. The van der Waals surface area contributed by atoms with Crippen LogP contribution in [-0.2, 0) is 0 Å². The number of halogens is 1. The van der Waals surface area contributed by atoms with Gasteiger partial charge in [-0.1, -0.05) is 42.0 Å². The maximum atomic E-state index is 11.2. The average Bonchev–Trinajstić information content (AvgIpc) is 3.10. The van der Waals surface area contributed by atoms with Crippen molar-refractivity contribution >= 4 is 23.0 Å². The van der Waals surface area contributed by atoms with Gasteiger partial charge in [-0.3, -0.25) is 10.1 Å². The second-order valence-electron chi connectivity index (χ2n) is 6.33. The Morgan fingerprint density at radius 2 is 2.16 bits per heavy atom. The van der Waals surface area contributed by atoms with E-state index in [9.17, 15) is 15.4 Å². The van der Waals surface area contributed by atoms with Crippen molar-refractivity contribution in [3.05, 3.63) is 80.4 Å². The minimum atomic E-state index is -0.465. The van der Waals surface area contributed by atoms with Gasteiger partial charge in [-0.25, -0.2) is 0 Å². The van der Waals surface area contributed by atoms with Gasteiger partial charge in [0.05, 0.1) is 22.2 Å². The van der Waals surface area contributed by atoms with E-state index in [4.69, 9.17) is 11.6 Å². The standard InChI is InChI=1S/C19H14ClN3O2/c20-16-8-7-11(9-17(16)23(24)25)18-14-6-2-4-13(14)15-5-1-3-12(10-21)19(15)22-18/h1-5,7-9,13-14,18,22H,6H2. The zero-order valence-electron chi connectivity index (χ0n) is 13.1. The fraction of sp³-hybridized carbons (Fsp3) is 0.211. The van der Waals surface area contributed by atoms with Gasteiger partial charge in [0, 0.05) is 12.0 Å². The third-order valence-electron chi connectivity index (χ3n) is 5.04. The normalized spacial score (nSPS) is 23.3. The Morgan fingerprint density at radius 3 is 2.92 bits per heavy atom. The number of hydrogen-bond donors (Lipinski definition) is 1. The lowest BCUT2D eigenvalue weighted by Gasteiger charge is -2.37. The molecule has 2 aliphatic rings. The second kappa shape index (κ2) is 5.91. The largest absolute Gasteiger partial charge is 0.377 e. The van der Waals surface area contributed by atoms with Crippen LogP contribution in [0.2, 0.25) is 5.02 Å². The number of hydrogen-bond acceptors (Lipinski definition) is 4. The van der Waals surface area contributed by atoms with E-state index in [-0.39, 0.29) is 28.6 Å². The van der Waals surface area contributed by atoms with E-state index in [0.29, 0.717) is 5.56 Å². The first kappa shape index (κ1) is 15.7. The Hall–Kier alpha value is -2.84. The van der Waals surface area contributed by atoms with Gasteiger partial charge in [0.2, 0.25) is 0 Å². The highest BCUT2D eigenvalue weighted by Gasteiger charge is 2.39. The Kier molecular flexibility index (Phi) is 3.70. The molecule has 0 saturated heterocycles. The summed E-state index contributed by atoms with van der Waals surface area (Å²) in [5, 5.41) is 24.2. The van der Waals surface area contributed by atoms with Gasteiger partial charge in [-0.2, -0.15) is 5.26 Å². The first-order valence-electron chi connectivity index (χ1n) is 8.00. The zero-order valence-corrected chi connectivity index (χ0v) is 13.9. The van der Waals surface area contributed by atoms with Gasteiger partial charge >= 0.3 is 0 Å². The molecule has 124 valence electrons. The summed E-state index contributed by atoms with van der Waals surface area (Å²) < 4.78 is 0. The first-order chi connectivity index (χ1) is 12.1. The van der Waals surface area contributed by atoms with Gasteiger partial charge in [0.25, 0.3) is 5.69 Å². The van der Waals surface area contributed by atoms with Crippen LogP contribution in [0.5, 0.6) is 0 Å². The van der Waals surface area contributed by atoms with Crippen LogP contribution in [0, 0.1) is 27.4 Å². The van der Waals surface area contributed by atoms with Crippen molar-refractivity contribution in [1.82, 2.24) is 0 Å². The van der Waals surface area contributed by atoms with E-state index in [1.807, 2.05) is 18.2 Å². The van der Waals surface area contributed by atoms with Crippen LogP contribution in [0.25, 0.3) is 0 Å². The van der Waals surface area contributed by atoms with Gasteiger partial charge in [0.1, 0.15) is 11.1 Å². The molecular weight excluding hydrogens is 338 g/mol. The topological polar surface area (TPSA) is 79.0 Å². The molecule has 0 fully saturated rings. The Balaban J connectivity index is 1.83. The molecule has 5 nitrogen and oxygen atoms in total. The molecule has 4 rings (SSSR count). The summed E-state index contributed by atoms with van der Waals surface area (Å²) in [7, 11) is 0. The minimum Gasteiger partial charge on any atom is -0.377 e. The molecule has 1 N–H and O–H groups in total. The maximum Gasteiger partial charge on any atom is 0.288 e. The Labute approximate surface area is 149 Å². The van der Waals surface area contributed by atoms with Crippen molar-refractivity contribution in [2.75, 3.05) is 5.32 Å². The summed E-state index contributed by atoms with van der Waals surface area (Å²) in [6.45, 7) is 0. The Morgan fingerprint density at radius 1 is 1.32 bits per heavy atom. The number of nitro benzene ring substituents is 1. The van der Waals surface area contributed by atoms with Crippen molar-refractivity contribution in [1.29, 1.82) is 5.26 Å². The average molecular weight is 352 g/mol. The molecule has 0 aromatic heterocycles. The number of para-hydroxylation sites is 1. The molecule has 3 unspecified atom stereocenters. The lowest BCUT2D eigenvalue weighted by atomic mass is 9.76. The van der Waals surface area contributed by atoms with Crippen LogP contribution in [0.4, 0.5) is 11.4 Å². The van der Waals surface area contributed by atoms with Crippen molar-refractivity contribution < 1.29 is 4.92 Å². The fourth-order valence-corrected chi connectivity index (χ4v) is 4.09. The van der Waals surface area contributed by atoms with Crippen LogP contribution >= 0.6 is 11.6 Å². The Bertz CT molecular complexity index is 948. The molecule has 1 heterocycles. The van der Waals surface area contributed by atoms with Crippen molar-refractivity contribution in [3.8, 4) is 6.07 Å². The van der Waals surface area contributed by atoms with E-state index in [2.05, 4.69) is 23.5 Å². The molecule has 2 aromatic carbocycles. The molecule has 0 bridgehead atoms. The summed E-state index contributed by atoms with van der Waals surface area (Å²) in [5.74, 6) is 0.450. The summed E-state index contributed by atoms with van der Waals surface area (Å²) in [4.78, 5) is 10.8. The fourth-order valence-electron chi connectivity index (χ4n) is 3.91. The molecule has 25 heavy (non-hydrogen) atoms. The molecule has 0 amide bonds. The maximum absolute atomic E-state index is 11.2. The summed E-state index contributed by atoms with van der Waals surface area (Å²) >= 11 is 5.95. The number of allylic oxidation sites excluding steroid dienone is 2. The van der Waals surface area contributed by atoms with Crippen LogP contribution < -0.4 is 5.32 Å². The number of nitrogens with one attached hydrogen (secondary N) is 1. The molecule has 0 spiro atoms. The predicted octanol–water partition coefficient (Wildman–Crippen LogP) is 4.95. The number of fused-ring (bicyclic) bond motifs is 3. The van der Waals surface area contributed by atoms with E-state index >= 15 is 0 Å². The van der Waals surface area contributed by atoms with Crippen LogP contribution in [0.1, 0.15) is 35.1 Å². The van der Waals surface area contributed by atoms with Crippen LogP contribution in [0.3, 0.4) is 0 Å². The highest BCUT2D eigenvalue weighted by Crippen LogP contribution is 2.51. The minimum absolute atomic E-state index is 0.0946. The van der Waals surface area contributed by atoms with Crippen molar-refractivity contribution in [3.63, 3.8) is 0 Å². The van der Waals surface area contributed by atoms with Gasteiger partial charge in [-0.15, -0.1) is 0 Å². The number of anilines is 1. The van der Waals surface area contributed by atoms with Crippen LogP contribution in [-0.4, -0.2) is 4.92 Å². The quantitative estimate of drug-likeness (QED) is 0.472. The van der Waals surface area contributed by atoms with E-state index < -0.39 is 4.92 Å². The SMILES string of the molecule is N#Cc1cccc2c1NC(c1ccc(Cl)c([N+](=O)[O-])c1)C1CC=CC21. The number of nitriles is 1. The summed E-state index contributed by atoms with van der Waals surface area (Å²) in [5.41, 5.74) is 3.23. The lowest BCUT2D eigenvalue weighted by molar-refractivity contribution is -0.384. The predicted molar refractivity (Wildman–Crippen MR) is 95.6 cm³/mol. The third kappa shape index (κ3) is 2.46. The van der Waals surface area contributed by atoms with E-state index in [0.717, 1.165) is 23.2 Å². The third-order valence-corrected chi connectivity index (χ3v) is 5.36. The zero-order chi connectivity index (χ0) is 17.6. The molecule has 2 aromatic rings. The first-order valence-corrected chi connectivity index (χ1v) is 8.38. The van der Waals surface area contributed by atoms with Gasteiger partial charge < -0.3 is 5.32 Å². The molecule has 0 saturated carbocycles. The summed E-state index contributed by atoms with van der Waals surface area (Å²) in [6, 6.07) is 12.8. The molecular formula is C19H14ClN3O2. The highest BCUT2D eigenvalue weighted by atomic mass is 35.5. The lowest BCUT2D eigenvalue weighted by Crippen LogP contribution is -2.29. The number of rotatable bonds is 2. The summed E-state index contributed by atoms with van der Waals surface area (Å²) in [6.07, 6.45) is 5.19. The molecule has 3 atom stereocenters. The van der Waals surface area contributed by atoms with E-state index in [1.165, 1.54) is 6.07 Å². The van der Waals surface area contributed by atoms with E-state index in [1.54, 1.807) is 12.1 Å². The second-order valence-corrected chi connectivity index (χ2v) is 6.73. The van der Waals surface area contributed by atoms with Crippen LogP contribution in [0.15, 0.2) is 48.6 Å². The highest BCUT2D eigenvalue weighted by molar-refractivity contribution is 6.32. The van der Waals surface area contributed by atoms with Gasteiger partial charge in [-0.05, 0) is 35.6 Å². The smallest absolute Gasteiger partial charge is 0.288 e. The molecule has 0 radical (unpaired) electrons.